The van der Waals surface area contributed by atoms with Gasteiger partial charge in [-0.05, 0) is 37.7 Å². The molecule has 18 heavy (non-hydrogen) atoms. The monoisotopic (exact) mass is 249 g/mol. The molecule has 0 aromatic carbocycles. The quantitative estimate of drug-likeness (QED) is 0.838. The first kappa shape index (κ1) is 11.9. The van der Waals surface area contributed by atoms with Crippen molar-refractivity contribution in [3.63, 3.8) is 0 Å². The minimum absolute atomic E-state index is 0.159. The highest BCUT2D eigenvalue weighted by molar-refractivity contribution is 5.42. The lowest BCUT2D eigenvalue weighted by atomic mass is 10.2. The lowest BCUT2D eigenvalue weighted by molar-refractivity contribution is 0.576. The molecule has 0 amide bonds. The molecule has 0 aliphatic heterocycles. The molecule has 2 saturated carbocycles. The molecular formula is C14H20FN3. The molecule has 3 nitrogen and oxygen atoms in total. The second-order valence-corrected chi connectivity index (χ2v) is 5.59. The molecular weight excluding hydrogens is 229 g/mol. The van der Waals surface area contributed by atoms with Gasteiger partial charge in [0.2, 0.25) is 0 Å². The second-order valence-electron chi connectivity index (χ2n) is 5.59. The number of halogens is 1. The Bertz CT molecular complexity index is 427. The number of aromatic nitrogens is 1. The third-order valence-electron chi connectivity index (χ3n) is 3.70. The van der Waals surface area contributed by atoms with E-state index in [1.54, 1.807) is 12.3 Å². The Kier molecular flexibility index (Phi) is 3.20. The highest BCUT2D eigenvalue weighted by Gasteiger charge is 2.25. The molecule has 1 aromatic heterocycles. The Balaban J connectivity index is 1.69. The fourth-order valence-corrected chi connectivity index (χ4v) is 2.19. The molecule has 4 heteroatoms. The Morgan fingerprint density at radius 3 is 2.83 bits per heavy atom. The summed E-state index contributed by atoms with van der Waals surface area (Å²) in [5.74, 6) is 1.08. The maximum Gasteiger partial charge on any atom is 0.170 e. The number of nitrogens with one attached hydrogen (secondary N) is 1. The standard InChI is InChI=1S/C14H20FN3/c1-18(9-10-2-3-10)14-13(15)11(6-7-16-14)8-17-12-4-5-12/h6-7,10,12,17H,2-5,8-9H2,1H3. The number of rotatable bonds is 6. The van der Waals surface area contributed by atoms with Gasteiger partial charge in [0.1, 0.15) is 0 Å². The van der Waals surface area contributed by atoms with Crippen molar-refractivity contribution in [1.29, 1.82) is 0 Å². The van der Waals surface area contributed by atoms with E-state index in [4.69, 9.17) is 0 Å². The Morgan fingerprint density at radius 2 is 2.17 bits per heavy atom. The highest BCUT2D eigenvalue weighted by Crippen LogP contribution is 2.31. The minimum Gasteiger partial charge on any atom is -0.357 e. The van der Waals surface area contributed by atoms with Crippen LogP contribution in [0.25, 0.3) is 0 Å². The van der Waals surface area contributed by atoms with Crippen LogP contribution in [0.5, 0.6) is 0 Å². The minimum atomic E-state index is -0.159. The average Bonchev–Trinajstić information content (AvgIpc) is 3.22. The summed E-state index contributed by atoms with van der Waals surface area (Å²) in [5.41, 5.74) is 0.731. The molecule has 0 bridgehead atoms. The topological polar surface area (TPSA) is 28.2 Å². The van der Waals surface area contributed by atoms with Crippen LogP contribution in [-0.2, 0) is 6.54 Å². The normalized spacial score (nSPS) is 19.0. The van der Waals surface area contributed by atoms with Gasteiger partial charge in [0.15, 0.2) is 11.6 Å². The lowest BCUT2D eigenvalue weighted by Crippen LogP contribution is -2.24. The maximum atomic E-state index is 14.3. The van der Waals surface area contributed by atoms with Gasteiger partial charge in [0, 0.05) is 37.9 Å². The zero-order chi connectivity index (χ0) is 12.5. The predicted molar refractivity (Wildman–Crippen MR) is 70.1 cm³/mol. The van der Waals surface area contributed by atoms with Crippen LogP contribution in [0.2, 0.25) is 0 Å². The zero-order valence-electron chi connectivity index (χ0n) is 10.8. The van der Waals surface area contributed by atoms with Gasteiger partial charge in [-0.2, -0.15) is 0 Å². The van der Waals surface area contributed by atoms with Crippen LogP contribution < -0.4 is 10.2 Å². The van der Waals surface area contributed by atoms with Crippen molar-refractivity contribution in [2.24, 2.45) is 5.92 Å². The van der Waals surface area contributed by atoms with Crippen molar-refractivity contribution >= 4 is 5.82 Å². The first-order valence-corrected chi connectivity index (χ1v) is 6.82. The third kappa shape index (κ3) is 2.80. The number of hydrogen-bond donors (Lipinski definition) is 1. The van der Waals surface area contributed by atoms with E-state index in [9.17, 15) is 4.39 Å². The first-order chi connectivity index (χ1) is 8.74. The van der Waals surface area contributed by atoms with Gasteiger partial charge in [-0.25, -0.2) is 9.37 Å². The molecule has 1 N–H and O–H groups in total. The molecule has 0 spiro atoms. The van der Waals surface area contributed by atoms with Crippen molar-refractivity contribution in [1.82, 2.24) is 10.3 Å². The molecule has 2 fully saturated rings. The van der Waals surface area contributed by atoms with Gasteiger partial charge >= 0.3 is 0 Å². The van der Waals surface area contributed by atoms with Crippen molar-refractivity contribution in [3.8, 4) is 0 Å². The molecule has 1 aromatic rings. The Hall–Kier alpha value is -1.16. The summed E-state index contributed by atoms with van der Waals surface area (Å²) in [6.45, 7) is 1.53. The van der Waals surface area contributed by atoms with Crippen molar-refractivity contribution in [2.75, 3.05) is 18.5 Å². The molecule has 0 atom stereocenters. The highest BCUT2D eigenvalue weighted by atomic mass is 19.1. The van der Waals surface area contributed by atoms with E-state index in [0.717, 1.165) is 18.0 Å². The van der Waals surface area contributed by atoms with Crippen molar-refractivity contribution in [2.45, 2.75) is 38.3 Å². The van der Waals surface area contributed by atoms with Gasteiger partial charge in [0.05, 0.1) is 0 Å². The summed E-state index contributed by atoms with van der Waals surface area (Å²) in [6, 6.07) is 2.38. The largest absolute Gasteiger partial charge is 0.357 e. The van der Waals surface area contributed by atoms with Crippen LogP contribution in [0.1, 0.15) is 31.2 Å². The summed E-state index contributed by atoms with van der Waals surface area (Å²) in [6.07, 6.45) is 6.71. The number of anilines is 1. The molecule has 98 valence electrons. The second kappa shape index (κ2) is 4.84. The summed E-state index contributed by atoms with van der Waals surface area (Å²) in [4.78, 5) is 6.14. The third-order valence-corrected chi connectivity index (χ3v) is 3.70. The van der Waals surface area contributed by atoms with Gasteiger partial charge in [-0.1, -0.05) is 0 Å². The van der Waals surface area contributed by atoms with Crippen LogP contribution >= 0.6 is 0 Å². The summed E-state index contributed by atoms with van der Waals surface area (Å²) in [7, 11) is 1.93. The van der Waals surface area contributed by atoms with Crippen LogP contribution in [0.15, 0.2) is 12.3 Å². The van der Waals surface area contributed by atoms with E-state index < -0.39 is 0 Å². The summed E-state index contributed by atoms with van der Waals surface area (Å²) >= 11 is 0. The first-order valence-electron chi connectivity index (χ1n) is 6.82. The zero-order valence-corrected chi connectivity index (χ0v) is 10.8. The predicted octanol–water partition coefficient (Wildman–Crippen LogP) is 2.32. The smallest absolute Gasteiger partial charge is 0.170 e. The van der Waals surface area contributed by atoms with Crippen molar-refractivity contribution < 1.29 is 4.39 Å². The van der Waals surface area contributed by atoms with E-state index in [1.807, 2.05) is 11.9 Å². The SMILES string of the molecule is CN(CC1CC1)c1nccc(CNC2CC2)c1F. The summed E-state index contributed by atoms with van der Waals surface area (Å²) in [5, 5.41) is 3.35. The molecule has 0 radical (unpaired) electrons. The van der Waals surface area contributed by atoms with Crippen LogP contribution in [0, 0.1) is 11.7 Å². The number of nitrogens with zero attached hydrogens (tertiary/aromatic N) is 2. The average molecular weight is 249 g/mol. The Morgan fingerprint density at radius 1 is 1.39 bits per heavy atom. The van der Waals surface area contributed by atoms with Crippen LogP contribution in [-0.4, -0.2) is 24.6 Å². The molecule has 1 heterocycles. The van der Waals surface area contributed by atoms with Crippen LogP contribution in [0.4, 0.5) is 10.2 Å². The molecule has 3 rings (SSSR count). The molecule has 2 aliphatic carbocycles. The van der Waals surface area contributed by atoms with E-state index >= 15 is 0 Å². The van der Waals surface area contributed by atoms with Gasteiger partial charge < -0.3 is 10.2 Å². The van der Waals surface area contributed by atoms with Gasteiger partial charge in [0.25, 0.3) is 0 Å². The summed E-state index contributed by atoms with van der Waals surface area (Å²) < 4.78 is 14.3. The molecule has 0 unspecified atom stereocenters. The van der Waals surface area contributed by atoms with Gasteiger partial charge in [-0.15, -0.1) is 0 Å². The van der Waals surface area contributed by atoms with E-state index in [1.165, 1.54) is 25.7 Å². The lowest BCUT2D eigenvalue weighted by Gasteiger charge is -2.19. The van der Waals surface area contributed by atoms with E-state index in [2.05, 4.69) is 10.3 Å². The molecule has 2 aliphatic rings. The van der Waals surface area contributed by atoms with E-state index in [-0.39, 0.29) is 5.82 Å². The van der Waals surface area contributed by atoms with Crippen LogP contribution in [0.3, 0.4) is 0 Å². The van der Waals surface area contributed by atoms with E-state index in [0.29, 0.717) is 18.4 Å². The number of hydrogen-bond acceptors (Lipinski definition) is 3. The molecule has 0 saturated heterocycles. The number of pyridine rings is 1. The fraction of sp³-hybridized carbons (Fsp3) is 0.643. The van der Waals surface area contributed by atoms with Gasteiger partial charge in [-0.3, -0.25) is 0 Å². The maximum absolute atomic E-state index is 14.3. The van der Waals surface area contributed by atoms with Crippen molar-refractivity contribution in [3.05, 3.63) is 23.6 Å². The Labute approximate surface area is 107 Å². The fourth-order valence-electron chi connectivity index (χ4n) is 2.19.